The Morgan fingerprint density at radius 1 is 0.944 bits per heavy atom. The Bertz CT molecular complexity index is 517. The van der Waals surface area contributed by atoms with Gasteiger partial charge < -0.3 is 0 Å². The fourth-order valence-electron chi connectivity index (χ4n) is 1.84. The van der Waals surface area contributed by atoms with Crippen LogP contribution in [0.3, 0.4) is 0 Å². The third-order valence-electron chi connectivity index (χ3n) is 2.96. The lowest BCUT2D eigenvalue weighted by Gasteiger charge is -2.08. The zero-order valence-corrected chi connectivity index (χ0v) is 13.7. The minimum absolute atomic E-state index is 1.09. The molecule has 18 heavy (non-hydrogen) atoms. The molecule has 0 unspecified atom stereocenters. The zero-order chi connectivity index (χ0) is 13.0. The predicted octanol–water partition coefficient (Wildman–Crippen LogP) is 5.57. The molecule has 0 N–H and O–H groups in total. The first kappa shape index (κ1) is 13.9. The van der Waals surface area contributed by atoms with Crippen LogP contribution in [0, 0.1) is 3.57 Å². The molecule has 0 saturated carbocycles. The summed E-state index contributed by atoms with van der Waals surface area (Å²) in [6, 6.07) is 15.6. The van der Waals surface area contributed by atoms with Crippen molar-refractivity contribution in [3.63, 3.8) is 0 Å². The molecule has 0 aromatic heterocycles. The summed E-state index contributed by atoms with van der Waals surface area (Å²) in [5.41, 5.74) is 2.84. The van der Waals surface area contributed by atoms with Crippen molar-refractivity contribution < 1.29 is 0 Å². The first-order valence-corrected chi connectivity index (χ1v) is 8.17. The second kappa shape index (κ2) is 6.62. The van der Waals surface area contributed by atoms with E-state index < -0.39 is 0 Å². The van der Waals surface area contributed by atoms with E-state index in [1.165, 1.54) is 24.5 Å². The van der Waals surface area contributed by atoms with E-state index in [-0.39, 0.29) is 0 Å². The van der Waals surface area contributed by atoms with Gasteiger partial charge in [-0.15, -0.1) is 0 Å². The van der Waals surface area contributed by atoms with E-state index in [1.54, 1.807) is 0 Å². The molecule has 2 aromatic carbocycles. The van der Waals surface area contributed by atoms with Gasteiger partial charge >= 0.3 is 0 Å². The van der Waals surface area contributed by atoms with Gasteiger partial charge in [-0.05, 0) is 76.9 Å². The monoisotopic (exact) mass is 368 g/mol. The summed E-state index contributed by atoms with van der Waals surface area (Å²) in [5.74, 6) is 0. The molecule has 0 aliphatic heterocycles. The minimum atomic E-state index is 1.09. The summed E-state index contributed by atoms with van der Waals surface area (Å²) in [6.45, 7) is 4.41. The van der Waals surface area contributed by atoms with Crippen molar-refractivity contribution >= 4 is 34.4 Å². The largest absolute Gasteiger partial charge is 0.0898 e. The van der Waals surface area contributed by atoms with Gasteiger partial charge in [0.1, 0.15) is 0 Å². The smallest absolute Gasteiger partial charge is 0.0155 e. The Morgan fingerprint density at radius 2 is 1.67 bits per heavy atom. The molecule has 0 atom stereocenters. The van der Waals surface area contributed by atoms with Crippen LogP contribution in [0.1, 0.15) is 25.0 Å². The lowest BCUT2D eigenvalue weighted by molar-refractivity contribution is 1.08. The Labute approximate surface area is 127 Å². The van der Waals surface area contributed by atoms with Crippen molar-refractivity contribution in [2.75, 3.05) is 0 Å². The van der Waals surface area contributed by atoms with Gasteiger partial charge in [0, 0.05) is 13.4 Å². The summed E-state index contributed by atoms with van der Waals surface area (Å²) in [6.07, 6.45) is 2.20. The Balaban J connectivity index is 2.22. The fourth-order valence-corrected chi connectivity index (χ4v) is 3.40. The van der Waals surface area contributed by atoms with E-state index in [0.29, 0.717) is 0 Å². The Hall–Kier alpha value is -0.480. The summed E-state index contributed by atoms with van der Waals surface area (Å²) in [7, 11) is 0. The molecule has 0 amide bonds. The van der Waals surface area contributed by atoms with Gasteiger partial charge in [0.25, 0.3) is 0 Å². The van der Waals surface area contributed by atoms with Crippen LogP contribution in [0.15, 0.2) is 52.3 Å². The first-order chi connectivity index (χ1) is 8.72. The SMILES string of the molecule is CCc1ccc(Sc2ccc(I)cc2CC)cc1. The Kier molecular flexibility index (Phi) is 5.13. The van der Waals surface area contributed by atoms with Crippen LogP contribution in [0.4, 0.5) is 0 Å². The van der Waals surface area contributed by atoms with Crippen molar-refractivity contribution in [1.29, 1.82) is 0 Å². The molecule has 2 aromatic rings. The van der Waals surface area contributed by atoms with E-state index in [1.807, 2.05) is 11.8 Å². The highest BCUT2D eigenvalue weighted by molar-refractivity contribution is 14.1. The van der Waals surface area contributed by atoms with Gasteiger partial charge in [-0.2, -0.15) is 0 Å². The number of aryl methyl sites for hydroxylation is 2. The molecular formula is C16H17IS. The quantitative estimate of drug-likeness (QED) is 0.636. The molecule has 2 rings (SSSR count). The molecule has 0 nitrogen and oxygen atoms in total. The highest BCUT2D eigenvalue weighted by Gasteiger charge is 2.04. The maximum absolute atomic E-state index is 2.38. The molecule has 0 saturated heterocycles. The van der Waals surface area contributed by atoms with E-state index in [4.69, 9.17) is 0 Å². The topological polar surface area (TPSA) is 0 Å². The molecule has 2 heteroatoms. The van der Waals surface area contributed by atoms with Crippen LogP contribution < -0.4 is 0 Å². The van der Waals surface area contributed by atoms with Crippen LogP contribution in [0.25, 0.3) is 0 Å². The molecule has 94 valence electrons. The Morgan fingerprint density at radius 3 is 2.28 bits per heavy atom. The average Bonchev–Trinajstić information content (AvgIpc) is 2.41. The molecule has 0 aliphatic rings. The molecular weight excluding hydrogens is 351 g/mol. The van der Waals surface area contributed by atoms with Crippen LogP contribution in [0.5, 0.6) is 0 Å². The van der Waals surface area contributed by atoms with Gasteiger partial charge in [0.2, 0.25) is 0 Å². The highest BCUT2D eigenvalue weighted by atomic mass is 127. The molecule has 0 fully saturated rings. The third kappa shape index (κ3) is 3.51. The number of hydrogen-bond donors (Lipinski definition) is 0. The third-order valence-corrected chi connectivity index (χ3v) is 4.76. The normalized spacial score (nSPS) is 10.6. The number of rotatable bonds is 4. The van der Waals surface area contributed by atoms with Crippen molar-refractivity contribution in [3.05, 3.63) is 57.2 Å². The van der Waals surface area contributed by atoms with Gasteiger partial charge in [-0.3, -0.25) is 0 Å². The molecule has 0 spiro atoms. The van der Waals surface area contributed by atoms with Crippen molar-refractivity contribution in [1.82, 2.24) is 0 Å². The predicted molar refractivity (Wildman–Crippen MR) is 88.5 cm³/mol. The summed E-state index contributed by atoms with van der Waals surface area (Å²) in [5, 5.41) is 0. The van der Waals surface area contributed by atoms with E-state index >= 15 is 0 Å². The van der Waals surface area contributed by atoms with Crippen molar-refractivity contribution in [2.24, 2.45) is 0 Å². The molecule has 0 bridgehead atoms. The van der Waals surface area contributed by atoms with Crippen molar-refractivity contribution in [2.45, 2.75) is 36.5 Å². The lowest BCUT2D eigenvalue weighted by atomic mass is 10.2. The second-order valence-corrected chi connectivity index (χ2v) is 6.57. The second-order valence-electron chi connectivity index (χ2n) is 4.21. The fraction of sp³-hybridized carbons (Fsp3) is 0.250. The van der Waals surface area contributed by atoms with Gasteiger partial charge in [-0.1, -0.05) is 37.7 Å². The van der Waals surface area contributed by atoms with E-state index in [2.05, 4.69) is 78.9 Å². The minimum Gasteiger partial charge on any atom is -0.0898 e. The maximum Gasteiger partial charge on any atom is 0.0155 e. The number of benzene rings is 2. The summed E-state index contributed by atoms with van der Waals surface area (Å²) in [4.78, 5) is 2.70. The average molecular weight is 368 g/mol. The molecule has 0 radical (unpaired) electrons. The van der Waals surface area contributed by atoms with Crippen LogP contribution in [-0.2, 0) is 12.8 Å². The molecule has 0 heterocycles. The van der Waals surface area contributed by atoms with Gasteiger partial charge in [0.05, 0.1) is 0 Å². The maximum atomic E-state index is 2.38. The van der Waals surface area contributed by atoms with E-state index in [9.17, 15) is 0 Å². The van der Waals surface area contributed by atoms with Gasteiger partial charge in [-0.25, -0.2) is 0 Å². The summed E-state index contributed by atoms with van der Waals surface area (Å²) < 4.78 is 1.31. The summed E-state index contributed by atoms with van der Waals surface area (Å²) >= 11 is 4.24. The molecule has 0 aliphatic carbocycles. The zero-order valence-electron chi connectivity index (χ0n) is 10.7. The van der Waals surface area contributed by atoms with Crippen LogP contribution >= 0.6 is 34.4 Å². The standard InChI is InChI=1S/C16H17IS/c1-3-12-5-8-15(9-6-12)18-16-10-7-14(17)11-13(16)4-2/h5-11H,3-4H2,1-2H3. The lowest BCUT2D eigenvalue weighted by Crippen LogP contribution is -1.87. The van der Waals surface area contributed by atoms with Crippen LogP contribution in [0.2, 0.25) is 0 Å². The van der Waals surface area contributed by atoms with Crippen LogP contribution in [-0.4, -0.2) is 0 Å². The van der Waals surface area contributed by atoms with Crippen molar-refractivity contribution in [3.8, 4) is 0 Å². The first-order valence-electron chi connectivity index (χ1n) is 6.28. The van der Waals surface area contributed by atoms with Gasteiger partial charge in [0.15, 0.2) is 0 Å². The number of halogens is 1. The van der Waals surface area contributed by atoms with E-state index in [0.717, 1.165) is 12.8 Å². The highest BCUT2D eigenvalue weighted by Crippen LogP contribution is 2.31. The number of hydrogen-bond acceptors (Lipinski definition) is 1.